The second-order valence-corrected chi connectivity index (χ2v) is 5.15. The highest BCUT2D eigenvalue weighted by Crippen LogP contribution is 2.05. The van der Waals surface area contributed by atoms with Crippen LogP contribution in [-0.2, 0) is 4.79 Å². The van der Waals surface area contributed by atoms with Gasteiger partial charge in [0.2, 0.25) is 5.91 Å². The van der Waals surface area contributed by atoms with Crippen molar-refractivity contribution >= 4 is 23.5 Å². The Labute approximate surface area is 119 Å². The Balaban J connectivity index is 1.90. The number of carbonyl (C=O) groups is 1. The van der Waals surface area contributed by atoms with Crippen molar-refractivity contribution < 1.29 is 4.79 Å². The van der Waals surface area contributed by atoms with Crippen LogP contribution in [0.15, 0.2) is 30.3 Å². The summed E-state index contributed by atoms with van der Waals surface area (Å²) in [5.41, 5.74) is 4.14. The van der Waals surface area contributed by atoms with Gasteiger partial charge in [0.1, 0.15) is 0 Å². The Kier molecular flexibility index (Phi) is 8.93. The molecule has 0 fully saturated rings. The van der Waals surface area contributed by atoms with Gasteiger partial charge in [-0.3, -0.25) is 4.79 Å². The van der Waals surface area contributed by atoms with E-state index in [0.717, 1.165) is 37.2 Å². The molecular formula is C14H23N3OS. The zero-order chi connectivity index (χ0) is 13.8. The Bertz CT molecular complexity index is 346. The van der Waals surface area contributed by atoms with E-state index < -0.39 is 0 Å². The Hall–Kier alpha value is -1.20. The number of anilines is 1. The van der Waals surface area contributed by atoms with E-state index in [1.54, 1.807) is 11.9 Å². The van der Waals surface area contributed by atoms with Crippen molar-refractivity contribution in [2.75, 3.05) is 17.7 Å². The number of hydrogen-bond acceptors (Lipinski definition) is 4. The van der Waals surface area contributed by atoms with Crippen LogP contribution in [0, 0.1) is 0 Å². The molecule has 0 atom stereocenters. The summed E-state index contributed by atoms with van der Waals surface area (Å²) in [7, 11) is 0. The van der Waals surface area contributed by atoms with Gasteiger partial charge < -0.3 is 10.7 Å². The molecule has 1 aromatic carbocycles. The number of carbonyl (C=O) groups excluding carboxylic acids is 1. The highest BCUT2D eigenvalue weighted by molar-refractivity contribution is 7.97. The van der Waals surface area contributed by atoms with E-state index in [0.29, 0.717) is 6.42 Å². The molecule has 106 valence electrons. The monoisotopic (exact) mass is 281 g/mol. The lowest BCUT2D eigenvalue weighted by Crippen LogP contribution is -2.24. The fraction of sp³-hybridized carbons (Fsp3) is 0.500. The number of para-hydroxylation sites is 1. The van der Waals surface area contributed by atoms with E-state index in [9.17, 15) is 4.79 Å². The van der Waals surface area contributed by atoms with Gasteiger partial charge in [0.05, 0.1) is 0 Å². The second kappa shape index (κ2) is 10.7. The van der Waals surface area contributed by atoms with Crippen molar-refractivity contribution in [2.24, 2.45) is 0 Å². The third-order valence-electron chi connectivity index (χ3n) is 2.54. The predicted molar refractivity (Wildman–Crippen MR) is 82.8 cm³/mol. The molecular weight excluding hydrogens is 258 g/mol. The second-order valence-electron chi connectivity index (χ2n) is 4.25. The normalized spacial score (nSPS) is 10.2. The average Bonchev–Trinajstić information content (AvgIpc) is 2.45. The van der Waals surface area contributed by atoms with Crippen LogP contribution in [0.5, 0.6) is 0 Å². The molecule has 0 heterocycles. The van der Waals surface area contributed by atoms with E-state index in [2.05, 4.69) is 22.5 Å². The van der Waals surface area contributed by atoms with Gasteiger partial charge in [0, 0.05) is 24.4 Å². The van der Waals surface area contributed by atoms with Crippen molar-refractivity contribution in [3.8, 4) is 0 Å². The first-order chi connectivity index (χ1) is 9.33. The first-order valence-electron chi connectivity index (χ1n) is 6.77. The molecule has 0 saturated heterocycles. The number of nitrogens with one attached hydrogen (secondary N) is 3. The van der Waals surface area contributed by atoms with Crippen LogP contribution in [0.1, 0.15) is 32.6 Å². The van der Waals surface area contributed by atoms with Gasteiger partial charge in [-0.1, -0.05) is 43.5 Å². The van der Waals surface area contributed by atoms with Gasteiger partial charge in [-0.2, -0.15) is 4.83 Å². The molecule has 1 rings (SSSR count). The fourth-order valence-electron chi connectivity index (χ4n) is 1.47. The first-order valence-corrected chi connectivity index (χ1v) is 7.76. The summed E-state index contributed by atoms with van der Waals surface area (Å²) in [6.07, 6.45) is 3.66. The number of hydrogen-bond donors (Lipinski definition) is 3. The summed E-state index contributed by atoms with van der Waals surface area (Å²) in [5, 5.41) is 2.93. The minimum atomic E-state index is 0.169. The van der Waals surface area contributed by atoms with Gasteiger partial charge in [-0.15, -0.1) is 0 Å². The molecule has 0 saturated carbocycles. The average molecular weight is 281 g/mol. The molecule has 1 amide bonds. The minimum Gasteiger partial charge on any atom is -0.356 e. The standard InChI is InChI=1S/C14H23N3OS/c1-2-3-10-14(18)15-11-7-12-19-17-16-13-8-5-4-6-9-13/h4-6,8-9,16-17H,2-3,7,10-12H2,1H3,(H,15,18). The van der Waals surface area contributed by atoms with Crippen molar-refractivity contribution in [3.63, 3.8) is 0 Å². The minimum absolute atomic E-state index is 0.169. The van der Waals surface area contributed by atoms with Crippen LogP contribution in [0.2, 0.25) is 0 Å². The summed E-state index contributed by atoms with van der Waals surface area (Å²) >= 11 is 1.61. The zero-order valence-corrected chi connectivity index (χ0v) is 12.3. The number of rotatable bonds is 10. The fourth-order valence-corrected chi connectivity index (χ4v) is 2.05. The lowest BCUT2D eigenvalue weighted by atomic mass is 10.2. The zero-order valence-electron chi connectivity index (χ0n) is 11.4. The molecule has 0 aliphatic carbocycles. The Morgan fingerprint density at radius 3 is 2.74 bits per heavy atom. The van der Waals surface area contributed by atoms with Gasteiger partial charge >= 0.3 is 0 Å². The molecule has 0 unspecified atom stereocenters. The van der Waals surface area contributed by atoms with Gasteiger partial charge in [0.25, 0.3) is 0 Å². The predicted octanol–water partition coefficient (Wildman–Crippen LogP) is 2.95. The van der Waals surface area contributed by atoms with E-state index >= 15 is 0 Å². The SMILES string of the molecule is CCCCC(=O)NCCCSNNc1ccccc1. The smallest absolute Gasteiger partial charge is 0.219 e. The van der Waals surface area contributed by atoms with Crippen molar-refractivity contribution in [1.82, 2.24) is 10.1 Å². The first kappa shape index (κ1) is 15.9. The number of hydrazine groups is 1. The molecule has 19 heavy (non-hydrogen) atoms. The Morgan fingerprint density at radius 2 is 2.00 bits per heavy atom. The molecule has 3 N–H and O–H groups in total. The molecule has 0 aliphatic heterocycles. The molecule has 4 nitrogen and oxygen atoms in total. The highest BCUT2D eigenvalue weighted by atomic mass is 32.2. The van der Waals surface area contributed by atoms with Crippen LogP contribution in [0.4, 0.5) is 5.69 Å². The van der Waals surface area contributed by atoms with Crippen LogP contribution < -0.4 is 15.6 Å². The maximum Gasteiger partial charge on any atom is 0.219 e. The summed E-state index contributed by atoms with van der Waals surface area (Å²) in [6.45, 7) is 2.85. The topological polar surface area (TPSA) is 53.2 Å². The third-order valence-corrected chi connectivity index (χ3v) is 3.28. The number of unbranched alkanes of at least 4 members (excludes halogenated alkanes) is 1. The van der Waals surface area contributed by atoms with Crippen molar-refractivity contribution in [2.45, 2.75) is 32.6 Å². The molecule has 1 aromatic rings. The quantitative estimate of drug-likeness (QED) is 0.351. The van der Waals surface area contributed by atoms with Crippen LogP contribution in [0.3, 0.4) is 0 Å². The largest absolute Gasteiger partial charge is 0.356 e. The van der Waals surface area contributed by atoms with E-state index in [1.807, 2.05) is 30.3 Å². The van der Waals surface area contributed by atoms with E-state index in [-0.39, 0.29) is 5.91 Å². The molecule has 0 bridgehead atoms. The highest BCUT2D eigenvalue weighted by Gasteiger charge is 1.98. The summed E-state index contributed by atoms with van der Waals surface area (Å²) in [4.78, 5) is 14.4. The van der Waals surface area contributed by atoms with Crippen LogP contribution in [0.25, 0.3) is 0 Å². The van der Waals surface area contributed by atoms with Gasteiger partial charge in [-0.05, 0) is 25.0 Å². The van der Waals surface area contributed by atoms with Crippen molar-refractivity contribution in [1.29, 1.82) is 0 Å². The maximum absolute atomic E-state index is 11.3. The molecule has 0 spiro atoms. The third kappa shape index (κ3) is 8.51. The van der Waals surface area contributed by atoms with Gasteiger partial charge in [0.15, 0.2) is 0 Å². The summed E-state index contributed by atoms with van der Waals surface area (Å²) < 4.78 is 0. The van der Waals surface area contributed by atoms with E-state index in [4.69, 9.17) is 0 Å². The van der Waals surface area contributed by atoms with Crippen molar-refractivity contribution in [3.05, 3.63) is 30.3 Å². The van der Waals surface area contributed by atoms with Crippen LogP contribution >= 0.6 is 11.9 Å². The summed E-state index contributed by atoms with van der Waals surface area (Å²) in [5.74, 6) is 1.12. The van der Waals surface area contributed by atoms with Crippen LogP contribution in [-0.4, -0.2) is 18.2 Å². The number of benzene rings is 1. The molecule has 0 radical (unpaired) electrons. The van der Waals surface area contributed by atoms with E-state index in [1.165, 1.54) is 0 Å². The molecule has 0 aromatic heterocycles. The molecule has 5 heteroatoms. The lowest BCUT2D eigenvalue weighted by molar-refractivity contribution is -0.121. The van der Waals surface area contributed by atoms with Gasteiger partial charge in [-0.25, -0.2) is 0 Å². The summed E-state index contributed by atoms with van der Waals surface area (Å²) in [6, 6.07) is 9.96. The maximum atomic E-state index is 11.3. The number of amides is 1. The Morgan fingerprint density at radius 1 is 1.21 bits per heavy atom. The molecule has 0 aliphatic rings. The lowest BCUT2D eigenvalue weighted by Gasteiger charge is -2.07.